The molecule has 1 aromatic heterocycles. The first-order valence-corrected chi connectivity index (χ1v) is 10.2. The fraction of sp³-hybridized carbons (Fsp3) is 0.400. The Balaban J connectivity index is 1.41. The van der Waals surface area contributed by atoms with E-state index in [0.29, 0.717) is 42.5 Å². The number of rotatable bonds is 10. The molecule has 1 aromatic carbocycles. The highest BCUT2D eigenvalue weighted by atomic mass is 35.5. The van der Waals surface area contributed by atoms with Gasteiger partial charge in [-0.25, -0.2) is 15.4 Å². The Kier molecular flexibility index (Phi) is 7.81. The van der Waals surface area contributed by atoms with Crippen molar-refractivity contribution in [2.24, 2.45) is 0 Å². The van der Waals surface area contributed by atoms with Crippen molar-refractivity contribution in [3.8, 4) is 5.75 Å². The monoisotopic (exact) mass is 433 g/mol. The number of halogens is 1. The molecule has 0 saturated heterocycles. The zero-order chi connectivity index (χ0) is 21.3. The number of carbonyl (C=O) groups is 2. The lowest BCUT2D eigenvalue weighted by atomic mass is 10.1. The molecule has 2 aromatic rings. The summed E-state index contributed by atoms with van der Waals surface area (Å²) in [7, 11) is 0. The average Bonchev–Trinajstić information content (AvgIpc) is 3.17. The highest BCUT2D eigenvalue weighted by Gasteiger charge is 2.27. The zero-order valence-electron chi connectivity index (χ0n) is 16.4. The molecule has 3 rings (SSSR count). The Labute approximate surface area is 179 Å². The quantitative estimate of drug-likeness (QED) is 0.258. The van der Waals surface area contributed by atoms with Crippen molar-refractivity contribution in [3.05, 3.63) is 46.7 Å². The van der Waals surface area contributed by atoms with Crippen molar-refractivity contribution in [3.63, 3.8) is 0 Å². The molecule has 0 aliphatic carbocycles. The second-order valence-electron chi connectivity index (χ2n) is 6.91. The summed E-state index contributed by atoms with van der Waals surface area (Å²) in [4.78, 5) is 31.5. The highest BCUT2D eigenvalue weighted by Crippen LogP contribution is 2.38. The number of anilines is 1. The first-order valence-electron chi connectivity index (χ1n) is 9.79. The molecular weight excluding hydrogens is 410 g/mol. The van der Waals surface area contributed by atoms with Crippen molar-refractivity contribution in [1.82, 2.24) is 20.8 Å². The fourth-order valence-electron chi connectivity index (χ4n) is 3.15. The molecule has 1 aliphatic heterocycles. The second kappa shape index (κ2) is 10.7. The number of fused-ring (bicyclic) bond motifs is 1. The van der Waals surface area contributed by atoms with Gasteiger partial charge in [-0.2, -0.15) is 0 Å². The molecule has 2 heterocycles. The van der Waals surface area contributed by atoms with Gasteiger partial charge in [0.15, 0.2) is 0 Å². The molecule has 0 saturated carbocycles. The van der Waals surface area contributed by atoms with E-state index in [9.17, 15) is 9.59 Å². The number of aromatic nitrogens is 2. The first-order chi connectivity index (χ1) is 14.6. The van der Waals surface area contributed by atoms with Gasteiger partial charge in [0.25, 0.3) is 5.91 Å². The van der Waals surface area contributed by atoms with E-state index in [1.807, 2.05) is 18.2 Å². The maximum Gasteiger partial charge on any atom is 0.254 e. The van der Waals surface area contributed by atoms with E-state index in [-0.39, 0.29) is 17.9 Å². The van der Waals surface area contributed by atoms with Gasteiger partial charge in [0, 0.05) is 35.9 Å². The maximum atomic E-state index is 12.2. The molecule has 4 N–H and O–H groups in total. The Morgan fingerprint density at radius 2 is 1.93 bits per heavy atom. The molecule has 10 heteroatoms. The Hall–Kier alpha value is -2.91. The molecule has 0 fully saturated rings. The SMILES string of the molecule is O=C(CCCCCCNC(=O)c1cnc(NC2COc3cccc(Cl)c32)nc1)NO. The van der Waals surface area contributed by atoms with Crippen LogP contribution in [0.4, 0.5) is 5.95 Å². The molecule has 1 unspecified atom stereocenters. The van der Waals surface area contributed by atoms with Gasteiger partial charge >= 0.3 is 0 Å². The molecule has 9 nitrogen and oxygen atoms in total. The largest absolute Gasteiger partial charge is 0.491 e. The van der Waals surface area contributed by atoms with Crippen LogP contribution in [0.15, 0.2) is 30.6 Å². The summed E-state index contributed by atoms with van der Waals surface area (Å²) >= 11 is 6.26. The number of benzene rings is 1. The van der Waals surface area contributed by atoms with Gasteiger partial charge in [-0.05, 0) is 25.0 Å². The molecule has 0 spiro atoms. The van der Waals surface area contributed by atoms with Crippen LogP contribution in [0, 0.1) is 0 Å². The lowest BCUT2D eigenvalue weighted by Crippen LogP contribution is -2.25. The van der Waals surface area contributed by atoms with Crippen molar-refractivity contribution in [2.45, 2.75) is 38.1 Å². The molecule has 160 valence electrons. The number of ether oxygens (including phenoxy) is 1. The van der Waals surface area contributed by atoms with E-state index in [1.165, 1.54) is 12.4 Å². The van der Waals surface area contributed by atoms with Gasteiger partial charge in [-0.1, -0.05) is 30.5 Å². The minimum absolute atomic E-state index is 0.156. The topological polar surface area (TPSA) is 125 Å². The van der Waals surface area contributed by atoms with Crippen LogP contribution in [0.2, 0.25) is 5.02 Å². The molecule has 1 atom stereocenters. The standard InChI is InChI=1S/C20H24ClN5O4/c21-14-6-5-7-16-18(14)15(12-30-16)25-20-23-10-13(11-24-20)19(28)22-9-4-2-1-3-8-17(27)26-29/h5-7,10-11,15,29H,1-4,8-9,12H2,(H,22,28)(H,26,27)(H,23,24,25). The minimum Gasteiger partial charge on any atom is -0.491 e. The second-order valence-corrected chi connectivity index (χ2v) is 7.32. The number of carbonyl (C=O) groups excluding carboxylic acids is 2. The van der Waals surface area contributed by atoms with E-state index >= 15 is 0 Å². The van der Waals surface area contributed by atoms with Crippen LogP contribution in [-0.4, -0.2) is 40.1 Å². The Morgan fingerprint density at radius 3 is 2.70 bits per heavy atom. The van der Waals surface area contributed by atoms with Crippen molar-refractivity contribution in [2.75, 3.05) is 18.5 Å². The van der Waals surface area contributed by atoms with E-state index < -0.39 is 0 Å². The fourth-order valence-corrected chi connectivity index (χ4v) is 3.45. The lowest BCUT2D eigenvalue weighted by molar-refractivity contribution is -0.129. The van der Waals surface area contributed by atoms with E-state index in [1.54, 1.807) is 5.48 Å². The third-order valence-corrected chi connectivity index (χ3v) is 5.05. The number of unbranched alkanes of at least 4 members (excludes halogenated alkanes) is 3. The van der Waals surface area contributed by atoms with Crippen LogP contribution in [-0.2, 0) is 4.79 Å². The number of hydroxylamine groups is 1. The highest BCUT2D eigenvalue weighted by molar-refractivity contribution is 6.31. The van der Waals surface area contributed by atoms with Crippen LogP contribution in [0.25, 0.3) is 0 Å². The molecule has 2 amide bonds. The van der Waals surface area contributed by atoms with Crippen LogP contribution in [0.5, 0.6) is 5.75 Å². The minimum atomic E-state index is -0.381. The number of nitrogens with zero attached hydrogens (tertiary/aromatic N) is 2. The molecule has 1 aliphatic rings. The van der Waals surface area contributed by atoms with Crippen molar-refractivity contribution < 1.29 is 19.5 Å². The molecule has 30 heavy (non-hydrogen) atoms. The average molecular weight is 434 g/mol. The normalized spacial score (nSPS) is 14.5. The molecule has 0 radical (unpaired) electrons. The number of hydrogen-bond donors (Lipinski definition) is 4. The van der Waals surface area contributed by atoms with E-state index in [4.69, 9.17) is 21.5 Å². The summed E-state index contributed by atoms with van der Waals surface area (Å²) < 4.78 is 5.63. The van der Waals surface area contributed by atoms with Crippen LogP contribution in [0.1, 0.15) is 54.1 Å². The van der Waals surface area contributed by atoms with Crippen LogP contribution < -0.4 is 20.9 Å². The summed E-state index contributed by atoms with van der Waals surface area (Å²) in [6.45, 7) is 0.953. The lowest BCUT2D eigenvalue weighted by Gasteiger charge is -2.12. The summed E-state index contributed by atoms with van der Waals surface area (Å²) in [5.74, 6) is 0.514. The summed E-state index contributed by atoms with van der Waals surface area (Å²) in [6.07, 6.45) is 6.48. The first kappa shape index (κ1) is 21.8. The summed E-state index contributed by atoms with van der Waals surface area (Å²) in [6, 6.07) is 5.35. The summed E-state index contributed by atoms with van der Waals surface area (Å²) in [5, 5.41) is 15.0. The number of hydrogen-bond acceptors (Lipinski definition) is 7. The van der Waals surface area contributed by atoms with Gasteiger partial charge in [-0.15, -0.1) is 0 Å². The zero-order valence-corrected chi connectivity index (χ0v) is 17.1. The smallest absolute Gasteiger partial charge is 0.254 e. The predicted molar refractivity (Wildman–Crippen MR) is 111 cm³/mol. The van der Waals surface area contributed by atoms with Gasteiger partial charge < -0.3 is 15.4 Å². The van der Waals surface area contributed by atoms with Crippen molar-refractivity contribution >= 4 is 29.4 Å². The Bertz CT molecular complexity index is 878. The van der Waals surface area contributed by atoms with Crippen LogP contribution >= 0.6 is 11.6 Å². The van der Waals surface area contributed by atoms with Crippen molar-refractivity contribution in [1.29, 1.82) is 0 Å². The summed E-state index contributed by atoms with van der Waals surface area (Å²) in [5.41, 5.74) is 2.86. The van der Waals surface area contributed by atoms with E-state index in [2.05, 4.69) is 20.6 Å². The predicted octanol–water partition coefficient (Wildman–Crippen LogP) is 2.86. The molecule has 0 bridgehead atoms. The third kappa shape index (κ3) is 5.80. The number of amides is 2. The maximum absolute atomic E-state index is 12.2. The van der Waals surface area contributed by atoms with Gasteiger partial charge in [-0.3, -0.25) is 14.8 Å². The third-order valence-electron chi connectivity index (χ3n) is 4.73. The Morgan fingerprint density at radius 1 is 1.17 bits per heavy atom. The van der Waals surface area contributed by atoms with Crippen LogP contribution in [0.3, 0.4) is 0 Å². The van der Waals surface area contributed by atoms with Gasteiger partial charge in [0.1, 0.15) is 12.4 Å². The van der Waals surface area contributed by atoms with Gasteiger partial charge in [0.2, 0.25) is 11.9 Å². The van der Waals surface area contributed by atoms with Gasteiger partial charge in [0.05, 0.1) is 11.6 Å². The van der Waals surface area contributed by atoms with E-state index in [0.717, 1.165) is 30.6 Å². The molecular formula is C20H24ClN5O4. The number of nitrogens with one attached hydrogen (secondary N) is 3.